The topological polar surface area (TPSA) is 75.4 Å². The Morgan fingerprint density at radius 3 is 2.65 bits per heavy atom. The van der Waals surface area contributed by atoms with Crippen LogP contribution in [0.25, 0.3) is 0 Å². The molecule has 0 radical (unpaired) electrons. The quantitative estimate of drug-likeness (QED) is 0.659. The van der Waals surface area contributed by atoms with Crippen LogP contribution in [0.15, 0.2) is 36.4 Å². The fraction of sp³-hybridized carbons (Fsp3) is 0.200. The van der Waals surface area contributed by atoms with Gasteiger partial charge in [0, 0.05) is 29.9 Å². The number of hydrogen-bond donors (Lipinski definition) is 2. The molecule has 2 rings (SSSR count). The zero-order valence-corrected chi connectivity index (χ0v) is 11.4. The Balaban J connectivity index is 2.20. The number of hydrogen-bond acceptors (Lipinski definition) is 4. The molecular formula is C15H16N2O3. The normalized spacial score (nSPS) is 10.3. The van der Waals surface area contributed by atoms with Gasteiger partial charge in [0.2, 0.25) is 0 Å². The smallest absolute Gasteiger partial charge is 0.271 e. The summed E-state index contributed by atoms with van der Waals surface area (Å²) in [5.74, 6) is 0.253. The number of benzene rings is 2. The fourth-order valence-corrected chi connectivity index (χ4v) is 1.97. The lowest BCUT2D eigenvalue weighted by Crippen LogP contribution is -2.02. The zero-order chi connectivity index (χ0) is 14.7. The highest BCUT2D eigenvalue weighted by atomic mass is 16.6. The van der Waals surface area contributed by atoms with Gasteiger partial charge in [0.25, 0.3) is 5.69 Å². The first kappa shape index (κ1) is 13.9. The highest BCUT2D eigenvalue weighted by Gasteiger charge is 2.09. The molecule has 2 aromatic carbocycles. The van der Waals surface area contributed by atoms with Crippen molar-refractivity contribution < 1.29 is 10.0 Å². The summed E-state index contributed by atoms with van der Waals surface area (Å²) in [4.78, 5) is 10.4. The van der Waals surface area contributed by atoms with Crippen molar-refractivity contribution in [3.8, 4) is 5.75 Å². The minimum atomic E-state index is -0.422. The number of phenolic OH excluding ortho intramolecular Hbond substituents is 1. The van der Waals surface area contributed by atoms with Gasteiger partial charge in [0.1, 0.15) is 5.75 Å². The van der Waals surface area contributed by atoms with E-state index in [1.807, 2.05) is 32.0 Å². The molecule has 5 nitrogen and oxygen atoms in total. The van der Waals surface area contributed by atoms with Gasteiger partial charge in [-0.15, -0.1) is 0 Å². The molecule has 0 saturated heterocycles. The predicted octanol–water partition coefficient (Wildman–Crippen LogP) is 3.53. The largest absolute Gasteiger partial charge is 0.507 e. The summed E-state index contributed by atoms with van der Waals surface area (Å²) in [7, 11) is 0. The molecule has 104 valence electrons. The van der Waals surface area contributed by atoms with Crippen molar-refractivity contribution in [2.24, 2.45) is 0 Å². The molecule has 0 bridgehead atoms. The predicted molar refractivity (Wildman–Crippen MR) is 78.0 cm³/mol. The van der Waals surface area contributed by atoms with Crippen LogP contribution in [0.4, 0.5) is 11.4 Å². The second-order valence-electron chi connectivity index (χ2n) is 4.69. The molecule has 0 aliphatic heterocycles. The third kappa shape index (κ3) is 2.88. The molecule has 5 heteroatoms. The van der Waals surface area contributed by atoms with E-state index in [0.717, 1.165) is 16.7 Å². The molecule has 2 N–H and O–H groups in total. The van der Waals surface area contributed by atoms with Gasteiger partial charge in [-0.25, -0.2) is 0 Å². The molecule has 0 fully saturated rings. The summed E-state index contributed by atoms with van der Waals surface area (Å²) in [6.07, 6.45) is 0. The van der Waals surface area contributed by atoms with E-state index in [9.17, 15) is 15.2 Å². The number of non-ortho nitro benzene ring substituents is 1. The number of aromatic hydroxyl groups is 1. The van der Waals surface area contributed by atoms with Crippen LogP contribution in [0, 0.1) is 24.0 Å². The van der Waals surface area contributed by atoms with Gasteiger partial charge in [-0.3, -0.25) is 10.1 Å². The Labute approximate surface area is 117 Å². The van der Waals surface area contributed by atoms with Crippen LogP contribution < -0.4 is 5.32 Å². The van der Waals surface area contributed by atoms with E-state index in [2.05, 4.69) is 5.32 Å². The number of phenols is 1. The van der Waals surface area contributed by atoms with Gasteiger partial charge >= 0.3 is 0 Å². The number of aryl methyl sites for hydroxylation is 2. The van der Waals surface area contributed by atoms with Crippen molar-refractivity contribution in [2.75, 3.05) is 5.32 Å². The minimum absolute atomic E-state index is 0.0477. The van der Waals surface area contributed by atoms with Gasteiger partial charge in [-0.2, -0.15) is 0 Å². The lowest BCUT2D eigenvalue weighted by atomic mass is 10.1. The second kappa shape index (κ2) is 5.61. The van der Waals surface area contributed by atoms with Crippen LogP contribution >= 0.6 is 0 Å². The maximum Gasteiger partial charge on any atom is 0.271 e. The molecule has 0 atom stereocenters. The van der Waals surface area contributed by atoms with Crippen LogP contribution in [0.5, 0.6) is 5.75 Å². The fourth-order valence-electron chi connectivity index (χ4n) is 1.97. The maximum absolute atomic E-state index is 10.8. The average molecular weight is 272 g/mol. The van der Waals surface area contributed by atoms with Crippen molar-refractivity contribution >= 4 is 11.4 Å². The number of anilines is 1. The minimum Gasteiger partial charge on any atom is -0.507 e. The lowest BCUT2D eigenvalue weighted by Gasteiger charge is -2.11. The number of nitrogens with zero attached hydrogens (tertiary/aromatic N) is 1. The summed E-state index contributed by atoms with van der Waals surface area (Å²) < 4.78 is 0. The lowest BCUT2D eigenvalue weighted by molar-refractivity contribution is -0.384. The molecule has 0 spiro atoms. The van der Waals surface area contributed by atoms with Crippen LogP contribution in [-0.2, 0) is 6.54 Å². The van der Waals surface area contributed by atoms with Gasteiger partial charge in [0.05, 0.1) is 4.92 Å². The highest BCUT2D eigenvalue weighted by Crippen LogP contribution is 2.25. The third-order valence-electron chi connectivity index (χ3n) is 3.22. The Kier molecular flexibility index (Phi) is 3.89. The summed E-state index contributed by atoms with van der Waals surface area (Å²) in [6, 6.07) is 10.2. The van der Waals surface area contributed by atoms with Gasteiger partial charge in [-0.1, -0.05) is 24.3 Å². The molecular weight excluding hydrogens is 256 g/mol. The number of nitro benzene ring substituents is 1. The van der Waals surface area contributed by atoms with E-state index in [0.29, 0.717) is 12.2 Å². The molecule has 0 unspecified atom stereocenters. The van der Waals surface area contributed by atoms with Crippen molar-refractivity contribution in [2.45, 2.75) is 20.4 Å². The SMILES string of the molecule is Cc1ccc([N+](=O)[O-])cc1NCc1cccc(C)c1O. The first-order chi connectivity index (χ1) is 9.49. The monoisotopic (exact) mass is 272 g/mol. The first-order valence-corrected chi connectivity index (χ1v) is 6.25. The van der Waals surface area contributed by atoms with Crippen molar-refractivity contribution in [3.63, 3.8) is 0 Å². The highest BCUT2D eigenvalue weighted by molar-refractivity contribution is 5.57. The van der Waals surface area contributed by atoms with Crippen molar-refractivity contribution in [1.29, 1.82) is 0 Å². The van der Waals surface area contributed by atoms with E-state index in [-0.39, 0.29) is 11.4 Å². The van der Waals surface area contributed by atoms with Crippen molar-refractivity contribution in [1.82, 2.24) is 0 Å². The van der Waals surface area contributed by atoms with E-state index >= 15 is 0 Å². The first-order valence-electron chi connectivity index (χ1n) is 6.25. The number of rotatable bonds is 4. The summed E-state index contributed by atoms with van der Waals surface area (Å²) in [5.41, 5.74) is 3.23. The van der Waals surface area contributed by atoms with Crippen LogP contribution in [0.2, 0.25) is 0 Å². The van der Waals surface area contributed by atoms with Crippen molar-refractivity contribution in [3.05, 3.63) is 63.2 Å². The summed E-state index contributed by atoms with van der Waals surface area (Å²) >= 11 is 0. The van der Waals surface area contributed by atoms with E-state index in [1.165, 1.54) is 12.1 Å². The summed E-state index contributed by atoms with van der Waals surface area (Å²) in [5, 5.41) is 23.8. The Morgan fingerprint density at radius 2 is 1.95 bits per heavy atom. The second-order valence-corrected chi connectivity index (χ2v) is 4.69. The van der Waals surface area contributed by atoms with E-state index < -0.39 is 4.92 Å². The van der Waals surface area contributed by atoms with Gasteiger partial charge in [-0.05, 0) is 25.0 Å². The molecule has 2 aromatic rings. The zero-order valence-electron chi connectivity index (χ0n) is 11.4. The van der Waals surface area contributed by atoms with Crippen LogP contribution in [-0.4, -0.2) is 10.0 Å². The average Bonchev–Trinajstić information content (AvgIpc) is 2.41. The molecule has 0 aliphatic rings. The van der Waals surface area contributed by atoms with Gasteiger partial charge in [0.15, 0.2) is 0 Å². The van der Waals surface area contributed by atoms with Crippen LogP contribution in [0.1, 0.15) is 16.7 Å². The summed E-state index contributed by atoms with van der Waals surface area (Å²) in [6.45, 7) is 4.12. The Hall–Kier alpha value is -2.56. The molecule has 0 amide bonds. The maximum atomic E-state index is 10.8. The molecule has 20 heavy (non-hydrogen) atoms. The molecule has 0 saturated carbocycles. The number of nitro groups is 1. The number of nitrogens with one attached hydrogen (secondary N) is 1. The van der Waals surface area contributed by atoms with Crippen LogP contribution in [0.3, 0.4) is 0 Å². The standard InChI is InChI=1S/C15H16N2O3/c1-10-6-7-13(17(19)20)8-14(10)16-9-12-5-3-4-11(2)15(12)18/h3-8,16,18H,9H2,1-2H3. The Morgan fingerprint density at radius 1 is 1.20 bits per heavy atom. The number of para-hydroxylation sites is 1. The Bertz CT molecular complexity index is 654. The molecule has 0 heterocycles. The molecule has 0 aromatic heterocycles. The third-order valence-corrected chi connectivity index (χ3v) is 3.22. The molecule has 0 aliphatic carbocycles. The van der Waals surface area contributed by atoms with E-state index in [4.69, 9.17) is 0 Å². The van der Waals surface area contributed by atoms with Gasteiger partial charge < -0.3 is 10.4 Å². The van der Waals surface area contributed by atoms with E-state index in [1.54, 1.807) is 6.07 Å².